The Morgan fingerprint density at radius 1 is 1.08 bits per heavy atom. The summed E-state index contributed by atoms with van der Waals surface area (Å²) in [7, 11) is 0. The van der Waals surface area contributed by atoms with Gasteiger partial charge in [-0.25, -0.2) is 4.79 Å². The number of hydrogen-bond acceptors (Lipinski definition) is 12. The Morgan fingerprint density at radius 3 is 2.47 bits per heavy atom. The van der Waals surface area contributed by atoms with Gasteiger partial charge in [-0.05, 0) is 37.0 Å². The molecule has 3 heterocycles. The molecule has 4 rings (SSSR count). The van der Waals surface area contributed by atoms with Crippen LogP contribution in [0.2, 0.25) is 0 Å². The van der Waals surface area contributed by atoms with Crippen molar-refractivity contribution in [3.8, 4) is 0 Å². The van der Waals surface area contributed by atoms with E-state index in [1.807, 2.05) is 13.8 Å². The summed E-state index contributed by atoms with van der Waals surface area (Å²) in [5, 5.41) is 50.0. The van der Waals surface area contributed by atoms with Crippen LogP contribution in [0.25, 0.3) is 0 Å². The van der Waals surface area contributed by atoms with Gasteiger partial charge in [-0.15, -0.1) is 0 Å². The summed E-state index contributed by atoms with van der Waals surface area (Å²) < 4.78 is 28.3. The molecule has 2 bridgehead atoms. The zero-order valence-electron chi connectivity index (χ0n) is 21.7. The first-order chi connectivity index (χ1) is 18.1. The minimum atomic E-state index is -1.66. The summed E-state index contributed by atoms with van der Waals surface area (Å²) in [6.07, 6.45) is -6.06. The van der Waals surface area contributed by atoms with Crippen molar-refractivity contribution >= 4 is 11.9 Å². The number of carbonyl (C=O) groups excluding carboxylic acids is 2. The second kappa shape index (κ2) is 12.0. The van der Waals surface area contributed by atoms with E-state index in [-0.39, 0.29) is 55.0 Å². The summed E-state index contributed by atoms with van der Waals surface area (Å²) in [4.78, 5) is 26.2. The summed E-state index contributed by atoms with van der Waals surface area (Å²) in [6.45, 7) is 4.97. The summed E-state index contributed by atoms with van der Waals surface area (Å²) in [5.41, 5.74) is 0.458. The quantitative estimate of drug-likeness (QED) is 0.224. The minimum absolute atomic E-state index is 0.0230. The summed E-state index contributed by atoms with van der Waals surface area (Å²) >= 11 is 0. The van der Waals surface area contributed by atoms with Crippen LogP contribution in [0, 0.1) is 29.6 Å². The lowest BCUT2D eigenvalue weighted by atomic mass is 9.83. The molecule has 5 N–H and O–H groups in total. The first-order valence-corrected chi connectivity index (χ1v) is 13.1. The highest BCUT2D eigenvalue weighted by molar-refractivity contribution is 5.91. The van der Waals surface area contributed by atoms with E-state index >= 15 is 0 Å². The molecule has 12 nitrogen and oxygen atoms in total. The van der Waals surface area contributed by atoms with E-state index in [1.165, 1.54) is 0 Å². The van der Waals surface area contributed by atoms with Crippen LogP contribution in [0.4, 0.5) is 0 Å². The van der Waals surface area contributed by atoms with Gasteiger partial charge in [0.1, 0.15) is 30.5 Å². The van der Waals surface area contributed by atoms with Crippen molar-refractivity contribution in [1.82, 2.24) is 0 Å². The number of hydrogen-bond donors (Lipinski definition) is 5. The lowest BCUT2D eigenvalue weighted by Gasteiger charge is -2.42. The molecule has 0 aromatic carbocycles. The molecule has 12 unspecified atom stereocenters. The van der Waals surface area contributed by atoms with Crippen molar-refractivity contribution in [2.45, 2.75) is 76.7 Å². The number of allylic oxidation sites excluding steroid dienone is 1. The number of esters is 2. The molecular formula is C26H38O12. The third-order valence-electron chi connectivity index (χ3n) is 8.43. The Bertz CT molecular complexity index is 931. The molecule has 0 amide bonds. The predicted molar refractivity (Wildman–Crippen MR) is 128 cm³/mol. The second-order valence-corrected chi connectivity index (χ2v) is 10.6. The second-order valence-electron chi connectivity index (χ2n) is 10.6. The van der Waals surface area contributed by atoms with Gasteiger partial charge >= 0.3 is 11.9 Å². The molecule has 0 aromatic heterocycles. The van der Waals surface area contributed by atoms with Crippen molar-refractivity contribution in [3.05, 3.63) is 23.5 Å². The molecule has 0 aromatic rings. The molecule has 1 aliphatic carbocycles. The maximum atomic E-state index is 13.1. The number of fused-ring (bicyclic) bond motifs is 3. The summed E-state index contributed by atoms with van der Waals surface area (Å²) in [6, 6.07) is 0. The van der Waals surface area contributed by atoms with Crippen LogP contribution in [0.3, 0.4) is 0 Å². The van der Waals surface area contributed by atoms with Crippen molar-refractivity contribution in [1.29, 1.82) is 0 Å². The first-order valence-electron chi connectivity index (χ1n) is 13.1. The van der Waals surface area contributed by atoms with Crippen LogP contribution in [0.1, 0.15) is 33.6 Å². The Kier molecular flexibility index (Phi) is 9.13. The van der Waals surface area contributed by atoms with Gasteiger partial charge in [0.25, 0.3) is 0 Å². The van der Waals surface area contributed by atoms with Crippen LogP contribution < -0.4 is 0 Å². The molecule has 1 saturated carbocycles. The normalized spacial score (nSPS) is 45.2. The van der Waals surface area contributed by atoms with Crippen LogP contribution >= 0.6 is 0 Å². The molecule has 3 aliphatic heterocycles. The highest BCUT2D eigenvalue weighted by Gasteiger charge is 2.48. The number of carbonyl (C=O) groups is 2. The molecule has 12 heteroatoms. The van der Waals surface area contributed by atoms with Crippen molar-refractivity contribution in [3.63, 3.8) is 0 Å². The lowest BCUT2D eigenvalue weighted by molar-refractivity contribution is -0.327. The molecule has 0 spiro atoms. The topological polar surface area (TPSA) is 181 Å². The van der Waals surface area contributed by atoms with Crippen LogP contribution in [0.5, 0.6) is 0 Å². The third-order valence-corrected chi connectivity index (χ3v) is 8.43. The number of aliphatic hydroxyl groups is 5. The first kappa shape index (κ1) is 28.9. The van der Waals surface area contributed by atoms with Crippen molar-refractivity contribution in [2.24, 2.45) is 29.6 Å². The molecule has 38 heavy (non-hydrogen) atoms. The van der Waals surface area contributed by atoms with E-state index in [0.717, 1.165) is 6.26 Å². The van der Waals surface area contributed by atoms with E-state index in [9.17, 15) is 35.1 Å². The largest absolute Gasteiger partial charge is 0.468 e. The predicted octanol–water partition coefficient (Wildman–Crippen LogP) is -0.635. The van der Waals surface area contributed by atoms with Gasteiger partial charge < -0.3 is 49.2 Å². The average molecular weight is 543 g/mol. The van der Waals surface area contributed by atoms with Gasteiger partial charge in [-0.3, -0.25) is 4.79 Å². The standard InChI is InChI=1S/C26H38O12/c1-4-13-15-6-20(29)36-18-5-14(16(7-27)12(18)3)11(2)9-34-24(33)17(15)10-35-25(13)38-26-23(32)22(31)21(30)19(8-28)37-26/h4,10-12,14-16,18-19,21-23,25-28,30-32H,5-9H2,1-3H3. The maximum absolute atomic E-state index is 13.1. The zero-order chi connectivity index (χ0) is 27.7. The van der Waals surface area contributed by atoms with Crippen molar-refractivity contribution < 1.29 is 58.8 Å². The molecule has 12 atom stereocenters. The average Bonchev–Trinajstić information content (AvgIpc) is 3.21. The molecule has 0 radical (unpaired) electrons. The van der Waals surface area contributed by atoms with E-state index in [4.69, 9.17) is 23.7 Å². The molecule has 2 saturated heterocycles. The molecule has 214 valence electrons. The van der Waals surface area contributed by atoms with Gasteiger partial charge in [-0.1, -0.05) is 19.9 Å². The Hall–Kier alpha value is -2.06. The number of cyclic esters (lactones) is 1. The molecule has 3 fully saturated rings. The van der Waals surface area contributed by atoms with Gasteiger partial charge in [-0.2, -0.15) is 0 Å². The Labute approximate surface area is 220 Å². The fraction of sp³-hybridized carbons (Fsp3) is 0.769. The van der Waals surface area contributed by atoms with Crippen LogP contribution in [-0.4, -0.2) is 100 Å². The number of aliphatic hydroxyl groups excluding tert-OH is 5. The van der Waals surface area contributed by atoms with Crippen molar-refractivity contribution in [2.75, 3.05) is 19.8 Å². The highest BCUT2D eigenvalue weighted by atomic mass is 16.8. The third kappa shape index (κ3) is 5.48. The SMILES string of the molecule is CC=C1C(OC2OC(CO)C(O)C(O)C2O)OC=C2C(=O)OCC(C)C3CC(OC(=O)CC21)C(C)C3CO. The van der Waals surface area contributed by atoms with E-state index in [2.05, 4.69) is 0 Å². The van der Waals surface area contributed by atoms with E-state index in [1.54, 1.807) is 13.0 Å². The monoisotopic (exact) mass is 542 g/mol. The van der Waals surface area contributed by atoms with Gasteiger partial charge in [0.05, 0.1) is 31.5 Å². The van der Waals surface area contributed by atoms with Gasteiger partial charge in [0.15, 0.2) is 6.29 Å². The summed E-state index contributed by atoms with van der Waals surface area (Å²) in [5.74, 6) is -2.24. The van der Waals surface area contributed by atoms with Gasteiger partial charge in [0.2, 0.25) is 6.29 Å². The zero-order valence-corrected chi connectivity index (χ0v) is 21.7. The highest BCUT2D eigenvalue weighted by Crippen LogP contribution is 2.44. The Morgan fingerprint density at radius 2 is 1.82 bits per heavy atom. The maximum Gasteiger partial charge on any atom is 0.337 e. The fourth-order valence-corrected chi connectivity index (χ4v) is 6.04. The minimum Gasteiger partial charge on any atom is -0.468 e. The Balaban J connectivity index is 1.58. The number of ether oxygens (including phenoxy) is 5. The fourth-order valence-electron chi connectivity index (χ4n) is 6.04. The van der Waals surface area contributed by atoms with E-state index < -0.39 is 61.5 Å². The van der Waals surface area contributed by atoms with Crippen LogP contribution in [0.15, 0.2) is 23.5 Å². The van der Waals surface area contributed by atoms with Gasteiger partial charge in [0, 0.05) is 18.1 Å². The smallest absolute Gasteiger partial charge is 0.337 e. The molecular weight excluding hydrogens is 504 g/mol. The number of rotatable bonds is 4. The molecule has 4 aliphatic rings. The van der Waals surface area contributed by atoms with E-state index in [0.29, 0.717) is 12.0 Å². The van der Waals surface area contributed by atoms with Crippen LogP contribution in [-0.2, 0) is 33.3 Å². The lowest BCUT2D eigenvalue weighted by Crippen LogP contribution is -2.60.